The molecule has 0 radical (unpaired) electrons. The lowest BCUT2D eigenvalue weighted by Gasteiger charge is -2.04. The van der Waals surface area contributed by atoms with Crippen molar-refractivity contribution in [2.24, 2.45) is 0 Å². The molecule has 0 unspecified atom stereocenters. The summed E-state index contributed by atoms with van der Waals surface area (Å²) in [6, 6.07) is 8.34. The number of hydrogen-bond donors (Lipinski definition) is 0. The summed E-state index contributed by atoms with van der Waals surface area (Å²) >= 11 is 3.35. The zero-order valence-electron chi connectivity index (χ0n) is 13.2. The third kappa shape index (κ3) is 3.54. The van der Waals surface area contributed by atoms with Crippen LogP contribution in [0.2, 0.25) is 0 Å². The van der Waals surface area contributed by atoms with Crippen molar-refractivity contribution in [3.63, 3.8) is 0 Å². The smallest absolute Gasteiger partial charge is 0.191 e. The molecule has 6 heteroatoms. The Balaban J connectivity index is 1.73. The minimum Gasteiger partial charge on any atom is -0.302 e. The highest BCUT2D eigenvalue weighted by atomic mass is 32.2. The fraction of sp³-hybridized carbons (Fsp3) is 0.235. The Morgan fingerprint density at radius 2 is 2.09 bits per heavy atom. The van der Waals surface area contributed by atoms with Crippen LogP contribution >= 0.6 is 23.1 Å². The van der Waals surface area contributed by atoms with Gasteiger partial charge < -0.3 is 4.57 Å². The number of thiazole rings is 1. The van der Waals surface area contributed by atoms with Gasteiger partial charge in [0.15, 0.2) is 5.16 Å². The third-order valence-corrected chi connectivity index (χ3v) is 5.41. The van der Waals surface area contributed by atoms with Crippen molar-refractivity contribution in [2.75, 3.05) is 0 Å². The molecule has 0 aliphatic rings. The topological polar surface area (TPSA) is 43.6 Å². The Labute approximate surface area is 144 Å². The Morgan fingerprint density at radius 1 is 1.26 bits per heavy atom. The Hall–Kier alpha value is -1.92. The van der Waals surface area contributed by atoms with E-state index in [-0.39, 0.29) is 0 Å². The second kappa shape index (κ2) is 7.10. The summed E-state index contributed by atoms with van der Waals surface area (Å²) < 4.78 is 2.06. The van der Waals surface area contributed by atoms with Crippen LogP contribution in [0.3, 0.4) is 0 Å². The number of aromatic nitrogens is 4. The molecule has 0 N–H and O–H groups in total. The zero-order chi connectivity index (χ0) is 16.2. The predicted molar refractivity (Wildman–Crippen MR) is 96.8 cm³/mol. The number of aryl methyl sites for hydroxylation is 2. The highest BCUT2D eigenvalue weighted by molar-refractivity contribution is 7.98. The maximum atomic E-state index is 4.76. The minimum absolute atomic E-state index is 0.729. The van der Waals surface area contributed by atoms with Crippen LogP contribution in [0, 0.1) is 13.8 Å². The first kappa shape index (κ1) is 16.0. The van der Waals surface area contributed by atoms with Gasteiger partial charge in [-0.2, -0.15) is 0 Å². The Kier molecular flexibility index (Phi) is 4.93. The van der Waals surface area contributed by atoms with Gasteiger partial charge in [0.25, 0.3) is 0 Å². The second-order valence-electron chi connectivity index (χ2n) is 5.18. The standard InChI is InChI=1S/C17H18N4S2/c1-4-9-21-13(3)19-20-17(21)23-11-14-10-22-16(18-14)15-8-6-5-7-12(15)2/h4-8,10H,1,9,11H2,2-3H3. The van der Waals surface area contributed by atoms with Crippen molar-refractivity contribution < 1.29 is 0 Å². The van der Waals surface area contributed by atoms with Crippen molar-refractivity contribution in [3.8, 4) is 10.6 Å². The molecule has 2 aromatic heterocycles. The van der Waals surface area contributed by atoms with Gasteiger partial charge in [0.2, 0.25) is 0 Å². The van der Waals surface area contributed by atoms with Crippen molar-refractivity contribution in [1.82, 2.24) is 19.7 Å². The van der Waals surface area contributed by atoms with E-state index >= 15 is 0 Å². The number of benzene rings is 1. The zero-order valence-corrected chi connectivity index (χ0v) is 14.8. The molecular weight excluding hydrogens is 324 g/mol. The largest absolute Gasteiger partial charge is 0.302 e. The molecule has 0 saturated carbocycles. The Bertz CT molecular complexity index is 820. The molecule has 4 nitrogen and oxygen atoms in total. The van der Waals surface area contributed by atoms with Gasteiger partial charge in [-0.1, -0.05) is 42.1 Å². The van der Waals surface area contributed by atoms with Crippen LogP contribution in [0.5, 0.6) is 0 Å². The molecule has 0 aliphatic heterocycles. The molecule has 2 heterocycles. The van der Waals surface area contributed by atoms with E-state index in [2.05, 4.69) is 57.9 Å². The first-order chi connectivity index (χ1) is 11.2. The van der Waals surface area contributed by atoms with Gasteiger partial charge in [-0.3, -0.25) is 0 Å². The molecular formula is C17H18N4S2. The van der Waals surface area contributed by atoms with Crippen LogP contribution in [0.1, 0.15) is 17.1 Å². The fourth-order valence-electron chi connectivity index (χ4n) is 2.26. The van der Waals surface area contributed by atoms with E-state index in [0.717, 1.165) is 34.0 Å². The summed E-state index contributed by atoms with van der Waals surface area (Å²) in [6.07, 6.45) is 1.86. The number of nitrogens with zero attached hydrogens (tertiary/aromatic N) is 4. The van der Waals surface area contributed by atoms with Crippen molar-refractivity contribution >= 4 is 23.1 Å². The van der Waals surface area contributed by atoms with Crippen LogP contribution in [0.4, 0.5) is 0 Å². The van der Waals surface area contributed by atoms with E-state index < -0.39 is 0 Å². The second-order valence-corrected chi connectivity index (χ2v) is 6.98. The van der Waals surface area contributed by atoms with Gasteiger partial charge in [-0.15, -0.1) is 28.1 Å². The van der Waals surface area contributed by atoms with Crippen LogP contribution in [-0.4, -0.2) is 19.7 Å². The molecule has 0 saturated heterocycles. The van der Waals surface area contributed by atoms with E-state index in [9.17, 15) is 0 Å². The molecule has 1 aromatic carbocycles. The van der Waals surface area contributed by atoms with Crippen LogP contribution in [-0.2, 0) is 12.3 Å². The average Bonchev–Trinajstić information content (AvgIpc) is 3.14. The van der Waals surface area contributed by atoms with Gasteiger partial charge in [-0.05, 0) is 19.4 Å². The molecule has 0 bridgehead atoms. The first-order valence-corrected chi connectivity index (χ1v) is 9.19. The summed E-state index contributed by atoms with van der Waals surface area (Å²) in [5, 5.41) is 12.5. The highest BCUT2D eigenvalue weighted by Crippen LogP contribution is 2.29. The molecule has 0 spiro atoms. The molecule has 0 atom stereocenters. The lowest BCUT2D eigenvalue weighted by atomic mass is 10.1. The number of rotatable bonds is 6. The van der Waals surface area contributed by atoms with E-state index in [1.165, 1.54) is 11.1 Å². The van der Waals surface area contributed by atoms with Crippen molar-refractivity contribution in [2.45, 2.75) is 31.3 Å². The van der Waals surface area contributed by atoms with Crippen molar-refractivity contribution in [3.05, 3.63) is 59.4 Å². The number of hydrogen-bond acceptors (Lipinski definition) is 5. The molecule has 3 rings (SSSR count). The van der Waals surface area contributed by atoms with Crippen LogP contribution in [0.15, 0.2) is 47.5 Å². The maximum absolute atomic E-state index is 4.76. The quantitative estimate of drug-likeness (QED) is 0.489. The summed E-state index contributed by atoms with van der Waals surface area (Å²) in [5.41, 5.74) is 3.53. The maximum Gasteiger partial charge on any atom is 0.191 e. The monoisotopic (exact) mass is 342 g/mol. The summed E-state index contributed by atoms with van der Waals surface area (Å²) in [6.45, 7) is 8.59. The van der Waals surface area contributed by atoms with Crippen LogP contribution in [0.25, 0.3) is 10.6 Å². The molecule has 0 fully saturated rings. The van der Waals surface area contributed by atoms with E-state index in [1.807, 2.05) is 13.0 Å². The molecule has 0 amide bonds. The predicted octanol–water partition coefficient (Wildman–Crippen LogP) is 4.50. The third-order valence-electron chi connectivity index (χ3n) is 3.49. The normalized spacial score (nSPS) is 10.9. The minimum atomic E-state index is 0.729. The average molecular weight is 342 g/mol. The first-order valence-electron chi connectivity index (χ1n) is 7.33. The Morgan fingerprint density at radius 3 is 2.87 bits per heavy atom. The van der Waals surface area contributed by atoms with Gasteiger partial charge >= 0.3 is 0 Å². The molecule has 118 valence electrons. The van der Waals surface area contributed by atoms with E-state index in [4.69, 9.17) is 4.98 Å². The van der Waals surface area contributed by atoms with Gasteiger partial charge in [0.05, 0.1) is 5.69 Å². The summed E-state index contributed by atoms with van der Waals surface area (Å²) in [7, 11) is 0. The summed E-state index contributed by atoms with van der Waals surface area (Å²) in [5.74, 6) is 1.70. The van der Waals surface area contributed by atoms with Crippen LogP contribution < -0.4 is 0 Å². The van der Waals surface area contributed by atoms with Crippen molar-refractivity contribution in [1.29, 1.82) is 0 Å². The summed E-state index contributed by atoms with van der Waals surface area (Å²) in [4.78, 5) is 4.76. The van der Waals surface area contributed by atoms with Gasteiger partial charge in [0.1, 0.15) is 10.8 Å². The lowest BCUT2D eigenvalue weighted by molar-refractivity contribution is 0.703. The highest BCUT2D eigenvalue weighted by Gasteiger charge is 2.11. The molecule has 23 heavy (non-hydrogen) atoms. The van der Waals surface area contributed by atoms with Gasteiger partial charge in [0, 0.05) is 23.2 Å². The van der Waals surface area contributed by atoms with E-state index in [0.29, 0.717) is 0 Å². The fourth-order valence-corrected chi connectivity index (χ4v) is 4.16. The lowest BCUT2D eigenvalue weighted by Crippen LogP contribution is -2.00. The molecule has 3 aromatic rings. The SMILES string of the molecule is C=CCn1c(C)nnc1SCc1csc(-c2ccccc2C)n1. The van der Waals surface area contributed by atoms with Gasteiger partial charge in [-0.25, -0.2) is 4.98 Å². The number of thioether (sulfide) groups is 1. The number of allylic oxidation sites excluding steroid dienone is 1. The van der Waals surface area contributed by atoms with E-state index in [1.54, 1.807) is 23.1 Å². The molecule has 0 aliphatic carbocycles.